The van der Waals surface area contributed by atoms with E-state index in [1.165, 1.54) is 6.08 Å². The van der Waals surface area contributed by atoms with Gasteiger partial charge in [-0.05, 0) is 18.2 Å². The van der Waals surface area contributed by atoms with Crippen LogP contribution in [0.15, 0.2) is 30.0 Å². The van der Waals surface area contributed by atoms with E-state index >= 15 is 0 Å². The number of nitriles is 1. The number of benzene rings is 1. The van der Waals surface area contributed by atoms with Crippen LogP contribution in [0.2, 0.25) is 5.02 Å². The van der Waals surface area contributed by atoms with Gasteiger partial charge in [0.1, 0.15) is 11.6 Å². The number of primary amides is 1. The Morgan fingerprint density at radius 3 is 2.94 bits per heavy atom. The van der Waals surface area contributed by atoms with Crippen LogP contribution >= 0.6 is 11.6 Å². The molecule has 0 saturated carbocycles. The standard InChI is InChI=1S/C12H8ClN3O/c13-9-1-2-10-8(6-16-11(10)4-9)3-7(5-14)12(15)17/h1-4,6,16H,(H2,15,17). The van der Waals surface area contributed by atoms with Crippen molar-refractivity contribution in [1.82, 2.24) is 4.98 Å². The van der Waals surface area contributed by atoms with Crippen LogP contribution in [0.25, 0.3) is 17.0 Å². The minimum atomic E-state index is -0.740. The van der Waals surface area contributed by atoms with E-state index in [0.29, 0.717) is 5.02 Å². The Balaban J connectivity index is 2.58. The molecule has 4 nitrogen and oxygen atoms in total. The molecule has 0 radical (unpaired) electrons. The highest BCUT2D eigenvalue weighted by molar-refractivity contribution is 6.31. The molecule has 0 bridgehead atoms. The molecule has 0 aliphatic carbocycles. The number of H-pyrrole nitrogens is 1. The third kappa shape index (κ3) is 2.14. The van der Waals surface area contributed by atoms with Crippen molar-refractivity contribution in [1.29, 1.82) is 5.26 Å². The first kappa shape index (κ1) is 11.2. The normalized spacial score (nSPS) is 11.4. The summed E-state index contributed by atoms with van der Waals surface area (Å²) in [6.07, 6.45) is 3.15. The lowest BCUT2D eigenvalue weighted by atomic mass is 10.1. The van der Waals surface area contributed by atoms with Crippen molar-refractivity contribution in [3.8, 4) is 6.07 Å². The second-order valence-corrected chi connectivity index (χ2v) is 3.90. The van der Waals surface area contributed by atoms with Crippen LogP contribution in [-0.2, 0) is 4.79 Å². The number of amides is 1. The lowest BCUT2D eigenvalue weighted by Crippen LogP contribution is -2.12. The second-order valence-electron chi connectivity index (χ2n) is 3.47. The summed E-state index contributed by atoms with van der Waals surface area (Å²) in [7, 11) is 0. The fraction of sp³-hybridized carbons (Fsp3) is 0. The van der Waals surface area contributed by atoms with Gasteiger partial charge in [0.2, 0.25) is 0 Å². The average Bonchev–Trinajstić information content (AvgIpc) is 2.67. The highest BCUT2D eigenvalue weighted by Crippen LogP contribution is 2.23. The number of fused-ring (bicyclic) bond motifs is 1. The number of nitrogens with one attached hydrogen (secondary N) is 1. The first-order valence-corrected chi connectivity index (χ1v) is 5.18. The Kier molecular flexibility index (Phi) is 2.86. The summed E-state index contributed by atoms with van der Waals surface area (Å²) in [6, 6.07) is 7.09. The average molecular weight is 246 g/mol. The topological polar surface area (TPSA) is 82.7 Å². The fourth-order valence-corrected chi connectivity index (χ4v) is 1.73. The fourth-order valence-electron chi connectivity index (χ4n) is 1.55. The molecule has 2 rings (SSSR count). The van der Waals surface area contributed by atoms with Crippen molar-refractivity contribution in [3.05, 3.63) is 40.6 Å². The number of halogens is 1. The molecule has 0 aliphatic heterocycles. The Morgan fingerprint density at radius 2 is 2.29 bits per heavy atom. The molecule has 0 aliphatic rings. The van der Waals surface area contributed by atoms with Crippen molar-refractivity contribution in [2.45, 2.75) is 0 Å². The number of aromatic amines is 1. The van der Waals surface area contributed by atoms with Gasteiger partial charge < -0.3 is 10.7 Å². The number of carbonyl (C=O) groups excluding carboxylic acids is 1. The molecule has 84 valence electrons. The molecule has 0 fully saturated rings. The van der Waals surface area contributed by atoms with E-state index in [0.717, 1.165) is 16.5 Å². The van der Waals surface area contributed by atoms with E-state index in [4.69, 9.17) is 22.6 Å². The Hall–Kier alpha value is -2.25. The molecule has 0 saturated heterocycles. The summed E-state index contributed by atoms with van der Waals surface area (Å²) in [5.74, 6) is -0.740. The zero-order valence-corrected chi connectivity index (χ0v) is 9.45. The van der Waals surface area contributed by atoms with Crippen LogP contribution in [0.4, 0.5) is 0 Å². The van der Waals surface area contributed by atoms with Crippen LogP contribution in [0.5, 0.6) is 0 Å². The number of nitrogens with zero attached hydrogens (tertiary/aromatic N) is 1. The molecule has 1 heterocycles. The predicted octanol–water partition coefficient (Wildman–Crippen LogP) is 2.21. The van der Waals surface area contributed by atoms with E-state index in [2.05, 4.69) is 4.98 Å². The smallest absolute Gasteiger partial charge is 0.259 e. The molecule has 1 aromatic carbocycles. The van der Waals surface area contributed by atoms with E-state index in [-0.39, 0.29) is 5.57 Å². The predicted molar refractivity (Wildman–Crippen MR) is 66.1 cm³/mol. The third-order valence-corrected chi connectivity index (χ3v) is 2.60. The molecule has 2 aromatic rings. The highest BCUT2D eigenvalue weighted by atomic mass is 35.5. The van der Waals surface area contributed by atoms with Gasteiger partial charge in [-0.2, -0.15) is 5.26 Å². The summed E-state index contributed by atoms with van der Waals surface area (Å²) in [4.78, 5) is 14.0. The number of hydrogen-bond donors (Lipinski definition) is 2. The number of nitrogens with two attached hydrogens (primary N) is 1. The molecule has 17 heavy (non-hydrogen) atoms. The molecule has 0 spiro atoms. The summed E-state index contributed by atoms with van der Waals surface area (Å²) >= 11 is 5.85. The summed E-state index contributed by atoms with van der Waals surface area (Å²) in [6.45, 7) is 0. The maximum Gasteiger partial charge on any atom is 0.259 e. The number of aromatic nitrogens is 1. The Bertz CT molecular complexity index is 664. The van der Waals surface area contributed by atoms with Crippen molar-refractivity contribution < 1.29 is 4.79 Å². The number of rotatable bonds is 2. The SMILES string of the molecule is N#CC(=Cc1c[nH]c2cc(Cl)ccc12)C(N)=O. The Labute approximate surface area is 102 Å². The molecule has 5 heteroatoms. The van der Waals surface area contributed by atoms with Crippen molar-refractivity contribution in [2.24, 2.45) is 5.73 Å². The van der Waals surface area contributed by atoms with Crippen molar-refractivity contribution >= 4 is 34.5 Å². The van der Waals surface area contributed by atoms with Crippen molar-refractivity contribution in [3.63, 3.8) is 0 Å². The van der Waals surface area contributed by atoms with Gasteiger partial charge in [-0.1, -0.05) is 17.7 Å². The van der Waals surface area contributed by atoms with Crippen LogP contribution < -0.4 is 5.73 Å². The van der Waals surface area contributed by atoms with Crippen LogP contribution in [0.1, 0.15) is 5.56 Å². The van der Waals surface area contributed by atoms with E-state index in [1.54, 1.807) is 24.4 Å². The number of hydrogen-bond acceptors (Lipinski definition) is 2. The van der Waals surface area contributed by atoms with Gasteiger partial charge in [0.25, 0.3) is 5.91 Å². The molecule has 1 aromatic heterocycles. The first-order chi connectivity index (χ1) is 8.11. The summed E-state index contributed by atoms with van der Waals surface area (Å²) < 4.78 is 0. The van der Waals surface area contributed by atoms with Crippen LogP contribution in [-0.4, -0.2) is 10.9 Å². The monoisotopic (exact) mass is 245 g/mol. The van der Waals surface area contributed by atoms with Gasteiger partial charge in [0.05, 0.1) is 0 Å². The third-order valence-electron chi connectivity index (χ3n) is 2.36. The molecule has 0 atom stereocenters. The zero-order chi connectivity index (χ0) is 12.4. The van der Waals surface area contributed by atoms with Crippen LogP contribution in [0.3, 0.4) is 0 Å². The minimum Gasteiger partial charge on any atom is -0.365 e. The van der Waals surface area contributed by atoms with Gasteiger partial charge in [-0.15, -0.1) is 0 Å². The van der Waals surface area contributed by atoms with Gasteiger partial charge in [-0.3, -0.25) is 4.79 Å². The minimum absolute atomic E-state index is 0.0825. The lowest BCUT2D eigenvalue weighted by Gasteiger charge is -1.94. The van der Waals surface area contributed by atoms with E-state index in [1.807, 2.05) is 6.07 Å². The molecule has 3 N–H and O–H groups in total. The van der Waals surface area contributed by atoms with Crippen molar-refractivity contribution in [2.75, 3.05) is 0 Å². The summed E-state index contributed by atoms with van der Waals surface area (Å²) in [5, 5.41) is 10.3. The zero-order valence-electron chi connectivity index (χ0n) is 8.70. The van der Waals surface area contributed by atoms with Gasteiger partial charge in [0, 0.05) is 27.7 Å². The molecular weight excluding hydrogens is 238 g/mol. The molecular formula is C12H8ClN3O. The molecule has 1 amide bonds. The maximum atomic E-state index is 10.9. The lowest BCUT2D eigenvalue weighted by molar-refractivity contribution is -0.114. The summed E-state index contributed by atoms with van der Waals surface area (Å²) in [5.41, 5.74) is 6.56. The largest absolute Gasteiger partial charge is 0.365 e. The highest BCUT2D eigenvalue weighted by Gasteiger charge is 2.07. The second kappa shape index (κ2) is 4.32. The van der Waals surface area contributed by atoms with Gasteiger partial charge in [0.15, 0.2) is 0 Å². The number of carbonyl (C=O) groups is 1. The van der Waals surface area contributed by atoms with Gasteiger partial charge in [-0.25, -0.2) is 0 Å². The first-order valence-electron chi connectivity index (χ1n) is 4.80. The van der Waals surface area contributed by atoms with Gasteiger partial charge >= 0.3 is 0 Å². The van der Waals surface area contributed by atoms with E-state index < -0.39 is 5.91 Å². The van der Waals surface area contributed by atoms with E-state index in [9.17, 15) is 4.79 Å². The van der Waals surface area contributed by atoms with Crippen LogP contribution in [0, 0.1) is 11.3 Å². The maximum absolute atomic E-state index is 10.9. The molecule has 0 unspecified atom stereocenters. The Morgan fingerprint density at radius 1 is 1.53 bits per heavy atom. The quantitative estimate of drug-likeness (QED) is 0.628.